The molecule has 5 heteroatoms. The molecule has 0 bridgehead atoms. The summed E-state index contributed by atoms with van der Waals surface area (Å²) in [4.78, 5) is 21.0. The van der Waals surface area contributed by atoms with Crippen LogP contribution in [0.3, 0.4) is 0 Å². The molecule has 15 heavy (non-hydrogen) atoms. The average molecular weight is 216 g/mol. The van der Waals surface area contributed by atoms with Crippen LogP contribution >= 0.6 is 0 Å². The van der Waals surface area contributed by atoms with Crippen molar-refractivity contribution >= 4 is 11.9 Å². The predicted molar refractivity (Wildman–Crippen MR) is 53.4 cm³/mol. The van der Waals surface area contributed by atoms with E-state index in [1.54, 1.807) is 13.8 Å². The molecule has 0 aromatic heterocycles. The lowest BCUT2D eigenvalue weighted by Crippen LogP contribution is -2.41. The molecule has 2 unspecified atom stereocenters. The van der Waals surface area contributed by atoms with Crippen LogP contribution in [0.4, 0.5) is 0 Å². The van der Waals surface area contributed by atoms with Gasteiger partial charge in [0.15, 0.2) is 5.60 Å². The molecular weight excluding hydrogens is 200 g/mol. The van der Waals surface area contributed by atoms with Gasteiger partial charge in [0.1, 0.15) is 0 Å². The lowest BCUT2D eigenvalue weighted by atomic mass is 9.86. The molecule has 0 aliphatic carbocycles. The minimum atomic E-state index is -1.84. The van der Waals surface area contributed by atoms with Crippen molar-refractivity contribution in [2.75, 3.05) is 0 Å². The minimum absolute atomic E-state index is 0.228. The zero-order valence-electron chi connectivity index (χ0n) is 9.02. The Morgan fingerprint density at radius 1 is 1.40 bits per heavy atom. The first-order valence-electron chi connectivity index (χ1n) is 4.53. The van der Waals surface area contributed by atoms with Crippen molar-refractivity contribution in [3.63, 3.8) is 0 Å². The van der Waals surface area contributed by atoms with Gasteiger partial charge in [-0.1, -0.05) is 12.5 Å². The van der Waals surface area contributed by atoms with E-state index in [-0.39, 0.29) is 6.42 Å². The van der Waals surface area contributed by atoms with Gasteiger partial charge in [0.05, 0.1) is 0 Å². The zero-order valence-corrected chi connectivity index (χ0v) is 9.02. The molecule has 0 aliphatic heterocycles. The van der Waals surface area contributed by atoms with Crippen LogP contribution in [0.25, 0.3) is 0 Å². The molecule has 0 aliphatic rings. The maximum absolute atomic E-state index is 10.7. The molecule has 3 N–H and O–H groups in total. The fourth-order valence-corrected chi connectivity index (χ4v) is 1.16. The van der Waals surface area contributed by atoms with Crippen molar-refractivity contribution in [3.8, 4) is 0 Å². The molecule has 0 fully saturated rings. The van der Waals surface area contributed by atoms with E-state index in [1.165, 1.54) is 6.92 Å². The third-order valence-electron chi connectivity index (χ3n) is 2.39. The van der Waals surface area contributed by atoms with Gasteiger partial charge in [-0.25, -0.2) is 9.59 Å². The van der Waals surface area contributed by atoms with Gasteiger partial charge in [0, 0.05) is 6.08 Å². The highest BCUT2D eigenvalue weighted by Gasteiger charge is 2.36. The quantitative estimate of drug-likeness (QED) is 0.593. The van der Waals surface area contributed by atoms with Crippen LogP contribution in [-0.4, -0.2) is 32.9 Å². The number of carbonyl (C=O) groups is 2. The monoisotopic (exact) mass is 216 g/mol. The first kappa shape index (κ1) is 13.6. The van der Waals surface area contributed by atoms with Crippen LogP contribution < -0.4 is 0 Å². The number of aliphatic carboxylic acids is 2. The van der Waals surface area contributed by atoms with Crippen LogP contribution in [0.2, 0.25) is 0 Å². The molecule has 0 saturated heterocycles. The Hall–Kier alpha value is -1.36. The standard InChI is InChI=1S/C10H16O5/c1-6(5-8(11)12)4-7(2)10(3,15)9(13)14/h5,7,15H,4H2,1-3H3,(H,11,12)(H,13,14). The van der Waals surface area contributed by atoms with Gasteiger partial charge >= 0.3 is 11.9 Å². The lowest BCUT2D eigenvalue weighted by Gasteiger charge is -2.25. The number of hydrogen-bond acceptors (Lipinski definition) is 3. The highest BCUT2D eigenvalue weighted by molar-refractivity contribution is 5.80. The number of hydrogen-bond donors (Lipinski definition) is 3. The Morgan fingerprint density at radius 3 is 2.20 bits per heavy atom. The van der Waals surface area contributed by atoms with Crippen molar-refractivity contribution < 1.29 is 24.9 Å². The summed E-state index contributed by atoms with van der Waals surface area (Å²) in [5, 5.41) is 26.7. The van der Waals surface area contributed by atoms with Gasteiger partial charge in [-0.05, 0) is 26.2 Å². The first-order chi connectivity index (χ1) is 6.67. The van der Waals surface area contributed by atoms with Gasteiger partial charge in [-0.15, -0.1) is 0 Å². The van der Waals surface area contributed by atoms with E-state index in [1.807, 2.05) is 0 Å². The molecular formula is C10H16O5. The van der Waals surface area contributed by atoms with E-state index in [4.69, 9.17) is 10.2 Å². The summed E-state index contributed by atoms with van der Waals surface area (Å²) < 4.78 is 0. The molecule has 0 aromatic rings. The van der Waals surface area contributed by atoms with E-state index in [2.05, 4.69) is 0 Å². The lowest BCUT2D eigenvalue weighted by molar-refractivity contribution is -0.161. The molecule has 5 nitrogen and oxygen atoms in total. The molecule has 2 atom stereocenters. The normalized spacial score (nSPS) is 18.0. The molecule has 86 valence electrons. The smallest absolute Gasteiger partial charge is 0.335 e. The van der Waals surface area contributed by atoms with Crippen LogP contribution in [-0.2, 0) is 9.59 Å². The van der Waals surface area contributed by atoms with Crippen LogP contribution in [0.5, 0.6) is 0 Å². The molecule has 0 rings (SSSR count). The minimum Gasteiger partial charge on any atom is -0.479 e. The Balaban J connectivity index is 4.56. The maximum atomic E-state index is 10.7. The fourth-order valence-electron chi connectivity index (χ4n) is 1.16. The van der Waals surface area contributed by atoms with Crippen molar-refractivity contribution in [1.29, 1.82) is 0 Å². The maximum Gasteiger partial charge on any atom is 0.335 e. The van der Waals surface area contributed by atoms with Crippen molar-refractivity contribution in [2.24, 2.45) is 5.92 Å². The Labute approximate surface area is 88.0 Å². The van der Waals surface area contributed by atoms with E-state index < -0.39 is 23.5 Å². The number of carboxylic acids is 2. The second kappa shape index (κ2) is 4.93. The molecule has 0 aromatic carbocycles. The first-order valence-corrected chi connectivity index (χ1v) is 4.53. The van der Waals surface area contributed by atoms with Crippen molar-refractivity contribution in [2.45, 2.75) is 32.8 Å². The van der Waals surface area contributed by atoms with E-state index in [0.29, 0.717) is 5.57 Å². The van der Waals surface area contributed by atoms with Gasteiger partial charge in [0.25, 0.3) is 0 Å². The van der Waals surface area contributed by atoms with Gasteiger partial charge in [-0.3, -0.25) is 0 Å². The molecule has 0 saturated carbocycles. The van der Waals surface area contributed by atoms with E-state index in [0.717, 1.165) is 6.08 Å². The second-order valence-corrected chi connectivity index (χ2v) is 3.89. The zero-order chi connectivity index (χ0) is 12.2. The number of rotatable bonds is 5. The van der Waals surface area contributed by atoms with Crippen molar-refractivity contribution in [3.05, 3.63) is 11.6 Å². The molecule has 0 spiro atoms. The van der Waals surface area contributed by atoms with Gasteiger partial charge in [0.2, 0.25) is 0 Å². The summed E-state index contributed by atoms with van der Waals surface area (Å²) in [6, 6.07) is 0. The number of carboxylic acid groups (broad SMARTS) is 2. The SMILES string of the molecule is CC(=CC(=O)O)CC(C)C(C)(O)C(=O)O. The highest BCUT2D eigenvalue weighted by atomic mass is 16.4. The fraction of sp³-hybridized carbons (Fsp3) is 0.600. The second-order valence-electron chi connectivity index (χ2n) is 3.89. The average Bonchev–Trinajstić information content (AvgIpc) is 2.01. The van der Waals surface area contributed by atoms with Crippen molar-refractivity contribution in [1.82, 2.24) is 0 Å². The summed E-state index contributed by atoms with van der Waals surface area (Å²) >= 11 is 0. The summed E-state index contributed by atoms with van der Waals surface area (Å²) in [6.07, 6.45) is 1.24. The Kier molecular flexibility index (Phi) is 4.48. The molecule has 0 amide bonds. The van der Waals surface area contributed by atoms with Crippen LogP contribution in [0.15, 0.2) is 11.6 Å². The highest BCUT2D eigenvalue weighted by Crippen LogP contribution is 2.23. The van der Waals surface area contributed by atoms with Crippen LogP contribution in [0, 0.1) is 5.92 Å². The van der Waals surface area contributed by atoms with E-state index in [9.17, 15) is 14.7 Å². The summed E-state index contributed by atoms with van der Waals surface area (Å²) in [7, 11) is 0. The van der Waals surface area contributed by atoms with Gasteiger partial charge < -0.3 is 15.3 Å². The largest absolute Gasteiger partial charge is 0.479 e. The summed E-state index contributed by atoms with van der Waals surface area (Å²) in [6.45, 7) is 4.35. The molecule has 0 heterocycles. The Morgan fingerprint density at radius 2 is 1.87 bits per heavy atom. The summed E-state index contributed by atoms with van der Waals surface area (Å²) in [5.41, 5.74) is -1.32. The topological polar surface area (TPSA) is 94.8 Å². The molecule has 0 radical (unpaired) electrons. The summed E-state index contributed by atoms with van der Waals surface area (Å²) in [5.74, 6) is -2.93. The predicted octanol–water partition coefficient (Wildman–Crippen LogP) is 0.879. The third-order valence-corrected chi connectivity index (χ3v) is 2.39. The third kappa shape index (κ3) is 4.12. The van der Waals surface area contributed by atoms with Gasteiger partial charge in [-0.2, -0.15) is 0 Å². The van der Waals surface area contributed by atoms with E-state index >= 15 is 0 Å². The number of allylic oxidation sites excluding steroid dienone is 1. The number of aliphatic hydroxyl groups is 1. The van der Waals surface area contributed by atoms with Crippen LogP contribution in [0.1, 0.15) is 27.2 Å². The Bertz CT molecular complexity index is 290.